The van der Waals surface area contributed by atoms with Gasteiger partial charge in [-0.3, -0.25) is 0 Å². The van der Waals surface area contributed by atoms with E-state index in [4.69, 9.17) is 10.5 Å². The first-order valence-corrected chi connectivity index (χ1v) is 6.88. The Kier molecular flexibility index (Phi) is 4.14. The highest BCUT2D eigenvalue weighted by atomic mass is 32.2. The summed E-state index contributed by atoms with van der Waals surface area (Å²) in [6.45, 7) is 0.982. The molecule has 0 aromatic carbocycles. The second kappa shape index (κ2) is 5.38. The first-order chi connectivity index (χ1) is 6.84. The van der Waals surface area contributed by atoms with Crippen LogP contribution in [0.1, 0.15) is 38.5 Å². The SMILES string of the molecule is NC1CCCC(SCC2CCCO2)C1. The molecule has 3 unspecified atom stereocenters. The Bertz CT molecular complexity index is 171. The van der Waals surface area contributed by atoms with Gasteiger partial charge < -0.3 is 10.5 Å². The minimum absolute atomic E-state index is 0.464. The molecule has 1 aliphatic heterocycles. The molecule has 2 aliphatic rings. The Morgan fingerprint density at radius 2 is 2.14 bits per heavy atom. The molecule has 2 N–H and O–H groups in total. The van der Waals surface area contributed by atoms with Gasteiger partial charge in [0.1, 0.15) is 0 Å². The van der Waals surface area contributed by atoms with Gasteiger partial charge in [-0.2, -0.15) is 11.8 Å². The van der Waals surface area contributed by atoms with Crippen LogP contribution in [0, 0.1) is 0 Å². The standard InChI is InChI=1S/C11H21NOS/c12-9-3-1-5-11(7-9)14-8-10-4-2-6-13-10/h9-11H,1-8,12H2. The molecular weight excluding hydrogens is 194 g/mol. The van der Waals surface area contributed by atoms with E-state index in [9.17, 15) is 0 Å². The van der Waals surface area contributed by atoms with Crippen molar-refractivity contribution in [2.24, 2.45) is 5.73 Å². The van der Waals surface area contributed by atoms with E-state index in [-0.39, 0.29) is 0 Å². The van der Waals surface area contributed by atoms with Crippen LogP contribution in [-0.2, 0) is 4.74 Å². The van der Waals surface area contributed by atoms with Gasteiger partial charge in [-0.25, -0.2) is 0 Å². The number of hydrogen-bond acceptors (Lipinski definition) is 3. The number of thioether (sulfide) groups is 1. The Hall–Kier alpha value is 0.270. The fourth-order valence-corrected chi connectivity index (χ4v) is 3.82. The fourth-order valence-electron chi connectivity index (χ4n) is 2.35. The van der Waals surface area contributed by atoms with Crippen molar-refractivity contribution in [3.63, 3.8) is 0 Å². The number of rotatable bonds is 3. The molecule has 1 heterocycles. The van der Waals surface area contributed by atoms with Gasteiger partial charge in [-0.15, -0.1) is 0 Å². The van der Waals surface area contributed by atoms with Crippen molar-refractivity contribution < 1.29 is 4.74 Å². The Morgan fingerprint density at radius 1 is 1.21 bits per heavy atom. The molecule has 14 heavy (non-hydrogen) atoms. The third-order valence-corrected chi connectivity index (χ3v) is 4.67. The Labute approximate surface area is 91.0 Å². The molecule has 1 saturated heterocycles. The van der Waals surface area contributed by atoms with Crippen molar-refractivity contribution >= 4 is 11.8 Å². The largest absolute Gasteiger partial charge is 0.377 e. The summed E-state index contributed by atoms with van der Waals surface area (Å²) >= 11 is 2.09. The van der Waals surface area contributed by atoms with E-state index in [1.54, 1.807) is 0 Å². The molecule has 0 spiro atoms. The lowest BCUT2D eigenvalue weighted by molar-refractivity contribution is 0.128. The molecule has 0 aromatic rings. The number of hydrogen-bond donors (Lipinski definition) is 1. The normalized spacial score (nSPS) is 38.8. The highest BCUT2D eigenvalue weighted by Crippen LogP contribution is 2.29. The summed E-state index contributed by atoms with van der Waals surface area (Å²) in [6, 6.07) is 0.464. The molecule has 3 heteroatoms. The summed E-state index contributed by atoms with van der Waals surface area (Å²) in [5.41, 5.74) is 5.96. The van der Waals surface area contributed by atoms with Crippen LogP contribution in [-0.4, -0.2) is 29.8 Å². The summed E-state index contributed by atoms with van der Waals surface area (Å²) < 4.78 is 5.62. The molecule has 82 valence electrons. The van der Waals surface area contributed by atoms with Crippen molar-refractivity contribution in [3.8, 4) is 0 Å². The molecule has 3 atom stereocenters. The summed E-state index contributed by atoms with van der Waals surface area (Å²) in [5, 5.41) is 0.808. The lowest BCUT2D eigenvalue weighted by Crippen LogP contribution is -2.29. The van der Waals surface area contributed by atoms with Crippen LogP contribution in [0.5, 0.6) is 0 Å². The monoisotopic (exact) mass is 215 g/mol. The maximum atomic E-state index is 5.96. The van der Waals surface area contributed by atoms with Crippen LogP contribution in [0.3, 0.4) is 0 Å². The Balaban J connectivity index is 1.64. The van der Waals surface area contributed by atoms with E-state index in [1.807, 2.05) is 0 Å². The van der Waals surface area contributed by atoms with E-state index in [1.165, 1.54) is 44.3 Å². The molecule has 0 aromatic heterocycles. The molecule has 2 rings (SSSR count). The van der Waals surface area contributed by atoms with Crippen LogP contribution in [0.2, 0.25) is 0 Å². The van der Waals surface area contributed by atoms with E-state index in [0.717, 1.165) is 11.9 Å². The molecule has 1 saturated carbocycles. The van der Waals surface area contributed by atoms with Crippen molar-refractivity contribution in [2.45, 2.75) is 55.9 Å². The molecule has 2 fully saturated rings. The maximum Gasteiger partial charge on any atom is 0.0666 e. The van der Waals surface area contributed by atoms with Crippen molar-refractivity contribution in [2.75, 3.05) is 12.4 Å². The van der Waals surface area contributed by atoms with Crippen LogP contribution in [0.25, 0.3) is 0 Å². The van der Waals surface area contributed by atoms with Crippen molar-refractivity contribution in [3.05, 3.63) is 0 Å². The lowest BCUT2D eigenvalue weighted by Gasteiger charge is -2.26. The zero-order valence-electron chi connectivity index (χ0n) is 8.78. The van der Waals surface area contributed by atoms with Crippen LogP contribution in [0.15, 0.2) is 0 Å². The molecular formula is C11H21NOS. The minimum atomic E-state index is 0.464. The van der Waals surface area contributed by atoms with Gasteiger partial charge >= 0.3 is 0 Å². The molecule has 0 radical (unpaired) electrons. The highest BCUT2D eigenvalue weighted by Gasteiger charge is 2.22. The van der Waals surface area contributed by atoms with Gasteiger partial charge in [0.15, 0.2) is 0 Å². The van der Waals surface area contributed by atoms with E-state index >= 15 is 0 Å². The van der Waals surface area contributed by atoms with E-state index in [2.05, 4.69) is 11.8 Å². The average molecular weight is 215 g/mol. The van der Waals surface area contributed by atoms with Crippen LogP contribution in [0.4, 0.5) is 0 Å². The fraction of sp³-hybridized carbons (Fsp3) is 1.00. The van der Waals surface area contributed by atoms with Gasteiger partial charge in [-0.1, -0.05) is 6.42 Å². The highest BCUT2D eigenvalue weighted by molar-refractivity contribution is 7.99. The van der Waals surface area contributed by atoms with Gasteiger partial charge in [0.2, 0.25) is 0 Å². The summed E-state index contributed by atoms with van der Waals surface area (Å²) in [4.78, 5) is 0. The zero-order valence-corrected chi connectivity index (χ0v) is 9.60. The average Bonchev–Trinajstić information content (AvgIpc) is 2.67. The smallest absolute Gasteiger partial charge is 0.0666 e. The molecule has 2 nitrogen and oxygen atoms in total. The molecule has 0 bridgehead atoms. The first-order valence-electron chi connectivity index (χ1n) is 5.83. The zero-order chi connectivity index (χ0) is 9.80. The molecule has 0 amide bonds. The molecule has 1 aliphatic carbocycles. The van der Waals surface area contributed by atoms with Gasteiger partial charge in [0.05, 0.1) is 6.10 Å². The van der Waals surface area contributed by atoms with Crippen LogP contribution < -0.4 is 5.73 Å². The van der Waals surface area contributed by atoms with Crippen molar-refractivity contribution in [1.29, 1.82) is 0 Å². The van der Waals surface area contributed by atoms with E-state index in [0.29, 0.717) is 12.1 Å². The van der Waals surface area contributed by atoms with Crippen molar-refractivity contribution in [1.82, 2.24) is 0 Å². The van der Waals surface area contributed by atoms with E-state index < -0.39 is 0 Å². The third kappa shape index (κ3) is 3.14. The number of ether oxygens (including phenoxy) is 1. The third-order valence-electron chi connectivity index (χ3n) is 3.21. The number of nitrogens with two attached hydrogens (primary N) is 1. The summed E-state index contributed by atoms with van der Waals surface area (Å²) in [6.07, 6.45) is 8.21. The Morgan fingerprint density at radius 3 is 2.86 bits per heavy atom. The predicted octanol–water partition coefficient (Wildman–Crippen LogP) is 2.17. The quantitative estimate of drug-likeness (QED) is 0.783. The lowest BCUT2D eigenvalue weighted by atomic mass is 9.96. The second-order valence-electron chi connectivity index (χ2n) is 4.52. The predicted molar refractivity (Wildman–Crippen MR) is 61.7 cm³/mol. The van der Waals surface area contributed by atoms with Gasteiger partial charge in [-0.05, 0) is 32.1 Å². The first kappa shape index (κ1) is 10.8. The summed E-state index contributed by atoms with van der Waals surface area (Å²) in [7, 11) is 0. The summed E-state index contributed by atoms with van der Waals surface area (Å²) in [5.74, 6) is 1.19. The van der Waals surface area contributed by atoms with Gasteiger partial charge in [0, 0.05) is 23.7 Å². The topological polar surface area (TPSA) is 35.2 Å². The second-order valence-corrected chi connectivity index (χ2v) is 5.85. The minimum Gasteiger partial charge on any atom is -0.377 e. The maximum absolute atomic E-state index is 5.96. The van der Waals surface area contributed by atoms with Gasteiger partial charge in [0.25, 0.3) is 0 Å². The van der Waals surface area contributed by atoms with Crippen LogP contribution >= 0.6 is 11.8 Å².